The van der Waals surface area contributed by atoms with Gasteiger partial charge in [-0.1, -0.05) is 35.9 Å². The fourth-order valence-corrected chi connectivity index (χ4v) is 3.47. The predicted octanol–water partition coefficient (Wildman–Crippen LogP) is 4.13. The molecule has 1 aliphatic carbocycles. The Morgan fingerprint density at radius 3 is 2.92 bits per heavy atom. The van der Waals surface area contributed by atoms with Crippen LogP contribution in [0, 0.1) is 11.3 Å². The highest BCUT2D eigenvalue weighted by molar-refractivity contribution is 6.32. The standard InChI is InChI=1S/C20H19ClN2O2/c1-23(18-8-4-6-15-5-2-3-7-16(15)18)20(24)13-25-19-10-9-14(12-22)11-17(19)21/h2-3,5,7,9-11,18H,4,6,8,13H2,1H3/t18-/m0/s1. The number of nitrogens with zero attached hydrogens (tertiary/aromatic N) is 2. The number of fused-ring (bicyclic) bond motifs is 1. The van der Waals surface area contributed by atoms with Gasteiger partial charge >= 0.3 is 0 Å². The lowest BCUT2D eigenvalue weighted by atomic mass is 9.87. The van der Waals surface area contributed by atoms with Crippen LogP contribution in [-0.4, -0.2) is 24.5 Å². The number of benzene rings is 2. The molecule has 128 valence electrons. The number of rotatable bonds is 4. The summed E-state index contributed by atoms with van der Waals surface area (Å²) in [7, 11) is 1.82. The molecule has 0 saturated carbocycles. The van der Waals surface area contributed by atoms with Crippen molar-refractivity contribution in [3.05, 3.63) is 64.2 Å². The van der Waals surface area contributed by atoms with E-state index in [1.807, 2.05) is 25.2 Å². The summed E-state index contributed by atoms with van der Waals surface area (Å²) in [5, 5.41) is 9.19. The van der Waals surface area contributed by atoms with Gasteiger partial charge in [-0.25, -0.2) is 0 Å². The first-order valence-corrected chi connectivity index (χ1v) is 8.64. The van der Waals surface area contributed by atoms with Crippen LogP contribution in [0.1, 0.15) is 35.6 Å². The van der Waals surface area contributed by atoms with Gasteiger partial charge in [0.15, 0.2) is 6.61 Å². The molecule has 4 nitrogen and oxygen atoms in total. The highest BCUT2D eigenvalue weighted by Crippen LogP contribution is 2.33. The summed E-state index contributed by atoms with van der Waals surface area (Å²) in [6.07, 6.45) is 3.09. The molecule has 0 aromatic heterocycles. The van der Waals surface area contributed by atoms with Gasteiger partial charge in [0.25, 0.3) is 5.91 Å². The van der Waals surface area contributed by atoms with Gasteiger partial charge < -0.3 is 9.64 Å². The van der Waals surface area contributed by atoms with Gasteiger partial charge in [-0.05, 0) is 48.6 Å². The zero-order valence-corrected chi connectivity index (χ0v) is 14.8. The van der Waals surface area contributed by atoms with E-state index < -0.39 is 0 Å². The average Bonchev–Trinajstić information content (AvgIpc) is 2.65. The van der Waals surface area contributed by atoms with Crippen molar-refractivity contribution in [2.75, 3.05) is 13.7 Å². The van der Waals surface area contributed by atoms with Crippen LogP contribution >= 0.6 is 11.6 Å². The normalized spacial score (nSPS) is 15.8. The molecule has 3 rings (SSSR count). The molecule has 0 fully saturated rings. The lowest BCUT2D eigenvalue weighted by Gasteiger charge is -2.33. The van der Waals surface area contributed by atoms with Gasteiger partial charge in [0.2, 0.25) is 0 Å². The summed E-state index contributed by atoms with van der Waals surface area (Å²) < 4.78 is 5.57. The van der Waals surface area contributed by atoms with Crippen molar-refractivity contribution < 1.29 is 9.53 Å². The zero-order valence-electron chi connectivity index (χ0n) is 14.0. The molecule has 0 heterocycles. The van der Waals surface area contributed by atoms with E-state index in [-0.39, 0.29) is 18.6 Å². The topological polar surface area (TPSA) is 53.3 Å². The van der Waals surface area contributed by atoms with Crippen molar-refractivity contribution in [2.45, 2.75) is 25.3 Å². The number of ether oxygens (including phenoxy) is 1. The quantitative estimate of drug-likeness (QED) is 0.829. The van der Waals surface area contributed by atoms with Gasteiger partial charge in [-0.2, -0.15) is 5.26 Å². The second kappa shape index (κ2) is 7.58. The Morgan fingerprint density at radius 2 is 2.16 bits per heavy atom. The molecular formula is C20H19ClN2O2. The largest absolute Gasteiger partial charge is 0.482 e. The van der Waals surface area contributed by atoms with Crippen LogP contribution in [0.5, 0.6) is 5.75 Å². The Labute approximate surface area is 152 Å². The Kier molecular flexibility index (Phi) is 5.25. The maximum absolute atomic E-state index is 12.6. The molecule has 0 radical (unpaired) electrons. The Hall–Kier alpha value is -2.51. The van der Waals surface area contributed by atoms with Crippen LogP contribution in [0.3, 0.4) is 0 Å². The van der Waals surface area contributed by atoms with E-state index in [0.717, 1.165) is 19.3 Å². The van der Waals surface area contributed by atoms with Gasteiger partial charge in [0, 0.05) is 7.05 Å². The maximum Gasteiger partial charge on any atom is 0.260 e. The van der Waals surface area contributed by atoms with Gasteiger partial charge in [0.1, 0.15) is 5.75 Å². The number of carbonyl (C=O) groups excluding carboxylic acids is 1. The summed E-state index contributed by atoms with van der Waals surface area (Å²) in [5.74, 6) is 0.314. The average molecular weight is 355 g/mol. The fourth-order valence-electron chi connectivity index (χ4n) is 3.23. The van der Waals surface area contributed by atoms with Crippen molar-refractivity contribution >= 4 is 17.5 Å². The van der Waals surface area contributed by atoms with Crippen molar-refractivity contribution in [2.24, 2.45) is 0 Å². The number of carbonyl (C=O) groups is 1. The lowest BCUT2D eigenvalue weighted by Crippen LogP contribution is -2.36. The van der Waals surface area contributed by atoms with Crippen LogP contribution in [-0.2, 0) is 11.2 Å². The van der Waals surface area contributed by atoms with Crippen molar-refractivity contribution in [1.29, 1.82) is 5.26 Å². The molecule has 0 bridgehead atoms. The van der Waals surface area contributed by atoms with E-state index in [1.54, 1.807) is 17.0 Å². The lowest BCUT2D eigenvalue weighted by molar-refractivity contribution is -0.134. The molecule has 1 aliphatic rings. The number of hydrogen-bond donors (Lipinski definition) is 0. The van der Waals surface area contributed by atoms with Crippen molar-refractivity contribution in [3.8, 4) is 11.8 Å². The summed E-state index contributed by atoms with van der Waals surface area (Å²) in [6.45, 7) is -0.0826. The second-order valence-electron chi connectivity index (χ2n) is 6.16. The Bertz CT molecular complexity index is 829. The molecule has 0 unspecified atom stereocenters. The van der Waals surface area contributed by atoms with Gasteiger partial charge in [-0.3, -0.25) is 4.79 Å². The summed E-state index contributed by atoms with van der Waals surface area (Å²) in [6, 6.07) is 15.1. The molecule has 0 saturated heterocycles. The molecule has 1 amide bonds. The molecule has 2 aromatic rings. The Morgan fingerprint density at radius 1 is 1.36 bits per heavy atom. The Balaban J connectivity index is 1.67. The molecule has 0 aliphatic heterocycles. The number of nitriles is 1. The van der Waals surface area contributed by atoms with Crippen molar-refractivity contribution in [3.63, 3.8) is 0 Å². The smallest absolute Gasteiger partial charge is 0.260 e. The molecule has 0 spiro atoms. The number of amides is 1. The molecule has 2 aromatic carbocycles. The number of aryl methyl sites for hydroxylation is 1. The number of halogens is 1. The zero-order chi connectivity index (χ0) is 17.8. The second-order valence-corrected chi connectivity index (χ2v) is 6.56. The minimum atomic E-state index is -0.0953. The summed E-state index contributed by atoms with van der Waals surface area (Å²) in [4.78, 5) is 14.3. The SMILES string of the molecule is CN(C(=O)COc1ccc(C#N)cc1Cl)[C@H]1CCCc2ccccc21. The number of hydrogen-bond acceptors (Lipinski definition) is 3. The van der Waals surface area contributed by atoms with Crippen LogP contribution in [0.25, 0.3) is 0 Å². The van der Waals surface area contributed by atoms with Crippen molar-refractivity contribution in [1.82, 2.24) is 4.90 Å². The number of likely N-dealkylation sites (N-methyl/N-ethyl adjacent to an activating group) is 1. The third kappa shape index (κ3) is 3.78. The van der Waals surface area contributed by atoms with Crippen LogP contribution < -0.4 is 4.74 Å². The van der Waals surface area contributed by atoms with E-state index in [9.17, 15) is 4.79 Å². The minimum Gasteiger partial charge on any atom is -0.482 e. The first kappa shape index (κ1) is 17.3. The van der Waals surface area contributed by atoms with Gasteiger partial charge in [0.05, 0.1) is 22.7 Å². The summed E-state index contributed by atoms with van der Waals surface area (Å²) in [5.41, 5.74) is 3.00. The predicted molar refractivity (Wildman–Crippen MR) is 96.6 cm³/mol. The molecular weight excluding hydrogens is 336 g/mol. The highest BCUT2D eigenvalue weighted by Gasteiger charge is 2.26. The molecule has 0 N–H and O–H groups in total. The fraction of sp³-hybridized carbons (Fsp3) is 0.300. The van der Waals surface area contributed by atoms with E-state index in [4.69, 9.17) is 21.6 Å². The monoisotopic (exact) mass is 354 g/mol. The maximum atomic E-state index is 12.6. The first-order valence-electron chi connectivity index (χ1n) is 8.26. The van der Waals surface area contributed by atoms with Crippen LogP contribution in [0.15, 0.2) is 42.5 Å². The van der Waals surface area contributed by atoms with Gasteiger partial charge in [-0.15, -0.1) is 0 Å². The first-order chi connectivity index (χ1) is 12.1. The van der Waals surface area contributed by atoms with E-state index in [2.05, 4.69) is 12.1 Å². The highest BCUT2D eigenvalue weighted by atomic mass is 35.5. The summed E-state index contributed by atoms with van der Waals surface area (Å²) >= 11 is 6.09. The molecule has 5 heteroatoms. The third-order valence-corrected chi connectivity index (χ3v) is 4.91. The van der Waals surface area contributed by atoms with E-state index >= 15 is 0 Å². The minimum absolute atomic E-state index is 0.0810. The van der Waals surface area contributed by atoms with Crippen LogP contribution in [0.2, 0.25) is 5.02 Å². The van der Waals surface area contributed by atoms with Crippen LogP contribution in [0.4, 0.5) is 0 Å². The van der Waals surface area contributed by atoms with E-state index in [0.29, 0.717) is 16.3 Å². The molecule has 1 atom stereocenters. The molecule has 25 heavy (non-hydrogen) atoms. The van der Waals surface area contributed by atoms with E-state index in [1.165, 1.54) is 17.2 Å². The third-order valence-electron chi connectivity index (χ3n) is 4.61.